The molecule has 1 heterocycles. The van der Waals surface area contributed by atoms with Crippen LogP contribution >= 0.6 is 23.8 Å². The Morgan fingerprint density at radius 3 is 2.88 bits per heavy atom. The van der Waals surface area contributed by atoms with E-state index < -0.39 is 0 Å². The smallest absolute Gasteiger partial charge is 0.139 e. The number of nitrogens with one attached hydrogen (secondary N) is 1. The summed E-state index contributed by atoms with van der Waals surface area (Å²) < 4.78 is 0.613. The molecule has 1 aromatic carbocycles. The molecule has 88 valence electrons. The Morgan fingerprint density at radius 1 is 1.35 bits per heavy atom. The van der Waals surface area contributed by atoms with Gasteiger partial charge in [-0.15, -0.1) is 0 Å². The number of H-pyrrole nitrogens is 1. The van der Waals surface area contributed by atoms with E-state index in [1.165, 1.54) is 0 Å². The number of benzene rings is 1. The van der Waals surface area contributed by atoms with Crippen molar-refractivity contribution in [1.29, 1.82) is 0 Å². The van der Waals surface area contributed by atoms with E-state index >= 15 is 0 Å². The molecule has 0 aliphatic rings. The van der Waals surface area contributed by atoms with Crippen molar-refractivity contribution in [3.05, 3.63) is 45.7 Å². The summed E-state index contributed by atoms with van der Waals surface area (Å²) in [5.74, 6) is 0.781. The lowest BCUT2D eigenvalue weighted by molar-refractivity contribution is 0.873. The lowest BCUT2D eigenvalue weighted by Crippen LogP contribution is -1.95. The summed E-state index contributed by atoms with van der Waals surface area (Å²) in [5.41, 5.74) is 2.07. The van der Waals surface area contributed by atoms with E-state index in [1.54, 1.807) is 0 Å². The van der Waals surface area contributed by atoms with Crippen LogP contribution in [0.2, 0.25) is 5.02 Å². The highest BCUT2D eigenvalue weighted by Gasteiger charge is 2.02. The second-order valence-electron chi connectivity index (χ2n) is 3.85. The Balaban J connectivity index is 2.48. The van der Waals surface area contributed by atoms with Crippen molar-refractivity contribution in [2.75, 3.05) is 0 Å². The molecule has 0 aliphatic carbocycles. The van der Waals surface area contributed by atoms with Gasteiger partial charge in [-0.3, -0.25) is 0 Å². The normalized spacial score (nSPS) is 10.5. The number of hydrogen-bond donors (Lipinski definition) is 1. The zero-order valence-corrected chi connectivity index (χ0v) is 11.1. The third kappa shape index (κ3) is 3.14. The predicted octanol–water partition coefficient (Wildman–Crippen LogP) is 4.41. The van der Waals surface area contributed by atoms with E-state index in [-0.39, 0.29) is 0 Å². The molecular formula is C13H13ClN2S. The molecule has 4 heteroatoms. The summed E-state index contributed by atoms with van der Waals surface area (Å²) in [7, 11) is 0. The molecule has 17 heavy (non-hydrogen) atoms. The second-order valence-corrected chi connectivity index (χ2v) is 4.71. The van der Waals surface area contributed by atoms with Crippen LogP contribution in [0.15, 0.2) is 30.3 Å². The summed E-state index contributed by atoms with van der Waals surface area (Å²) in [6.07, 6.45) is 2.05. The second kappa shape index (κ2) is 5.43. The maximum atomic E-state index is 5.97. The first-order chi connectivity index (χ1) is 8.19. The van der Waals surface area contributed by atoms with Gasteiger partial charge in [0.15, 0.2) is 0 Å². The third-order valence-corrected chi connectivity index (χ3v) is 2.86. The largest absolute Gasteiger partial charge is 0.343 e. The summed E-state index contributed by atoms with van der Waals surface area (Å²) in [4.78, 5) is 7.62. The fraction of sp³-hybridized carbons (Fsp3) is 0.231. The maximum absolute atomic E-state index is 5.97. The number of nitrogens with zero attached hydrogens (tertiary/aromatic N) is 1. The van der Waals surface area contributed by atoms with Gasteiger partial charge in [-0.1, -0.05) is 49.3 Å². The number of aromatic amines is 1. The minimum atomic E-state index is 0.613. The highest BCUT2D eigenvalue weighted by molar-refractivity contribution is 7.71. The monoisotopic (exact) mass is 264 g/mol. The highest BCUT2D eigenvalue weighted by Crippen LogP contribution is 2.19. The van der Waals surface area contributed by atoms with Gasteiger partial charge in [-0.2, -0.15) is 0 Å². The molecule has 0 radical (unpaired) electrons. The van der Waals surface area contributed by atoms with E-state index in [0.717, 1.165) is 29.9 Å². The average molecular weight is 265 g/mol. The standard InChI is InChI=1S/C13H13ClN2S/c1-2-4-11-8-12(17)16-13(15-11)9-5-3-6-10(14)7-9/h3,5-8H,2,4H2,1H3,(H,15,16,17). The van der Waals surface area contributed by atoms with Crippen LogP contribution < -0.4 is 0 Å². The quantitative estimate of drug-likeness (QED) is 0.832. The fourth-order valence-electron chi connectivity index (χ4n) is 1.68. The number of hydrogen-bond acceptors (Lipinski definition) is 2. The van der Waals surface area contributed by atoms with Crippen LogP contribution in [0, 0.1) is 4.64 Å². The van der Waals surface area contributed by atoms with Crippen LogP contribution in [0.5, 0.6) is 0 Å². The molecule has 2 rings (SSSR count). The van der Waals surface area contributed by atoms with Crippen molar-refractivity contribution in [1.82, 2.24) is 9.97 Å². The molecule has 1 N–H and O–H groups in total. The van der Waals surface area contributed by atoms with Crippen LogP contribution in [-0.2, 0) is 6.42 Å². The van der Waals surface area contributed by atoms with Gasteiger partial charge < -0.3 is 4.98 Å². The minimum Gasteiger partial charge on any atom is -0.343 e. The summed E-state index contributed by atoms with van der Waals surface area (Å²) in [5, 5.41) is 0.699. The van der Waals surface area contributed by atoms with Gasteiger partial charge in [0.2, 0.25) is 0 Å². The van der Waals surface area contributed by atoms with Gasteiger partial charge in [-0.05, 0) is 24.6 Å². The van der Waals surface area contributed by atoms with E-state index in [9.17, 15) is 0 Å². The Morgan fingerprint density at radius 2 is 2.18 bits per heavy atom. The van der Waals surface area contributed by atoms with Gasteiger partial charge in [-0.25, -0.2) is 4.98 Å². The van der Waals surface area contributed by atoms with Crippen molar-refractivity contribution >= 4 is 23.8 Å². The van der Waals surface area contributed by atoms with Crippen molar-refractivity contribution in [3.8, 4) is 11.4 Å². The van der Waals surface area contributed by atoms with Gasteiger partial charge in [0.1, 0.15) is 10.5 Å². The molecule has 0 amide bonds. The molecule has 2 nitrogen and oxygen atoms in total. The molecular weight excluding hydrogens is 252 g/mol. The molecule has 0 unspecified atom stereocenters. The maximum Gasteiger partial charge on any atom is 0.139 e. The van der Waals surface area contributed by atoms with Crippen molar-refractivity contribution in [2.24, 2.45) is 0 Å². The first-order valence-corrected chi connectivity index (χ1v) is 6.34. The number of aryl methyl sites for hydroxylation is 1. The molecule has 2 aromatic rings. The Kier molecular flexibility index (Phi) is 3.92. The van der Waals surface area contributed by atoms with Gasteiger partial charge in [0.25, 0.3) is 0 Å². The van der Waals surface area contributed by atoms with Crippen LogP contribution in [-0.4, -0.2) is 9.97 Å². The first kappa shape index (κ1) is 12.3. The molecule has 0 saturated carbocycles. The minimum absolute atomic E-state index is 0.613. The van der Waals surface area contributed by atoms with Gasteiger partial charge in [0.05, 0.1) is 0 Å². The summed E-state index contributed by atoms with van der Waals surface area (Å²) in [6, 6.07) is 9.51. The summed E-state index contributed by atoms with van der Waals surface area (Å²) >= 11 is 11.1. The SMILES string of the molecule is CCCc1cc(=S)nc(-c2cccc(Cl)c2)[nH]1. The van der Waals surface area contributed by atoms with Gasteiger partial charge in [0, 0.05) is 16.3 Å². The van der Waals surface area contributed by atoms with Crippen LogP contribution in [0.4, 0.5) is 0 Å². The van der Waals surface area contributed by atoms with Crippen LogP contribution in [0.1, 0.15) is 19.0 Å². The third-order valence-electron chi connectivity index (χ3n) is 2.42. The lowest BCUT2D eigenvalue weighted by atomic mass is 10.2. The van der Waals surface area contributed by atoms with E-state index in [2.05, 4.69) is 16.9 Å². The first-order valence-electron chi connectivity index (χ1n) is 5.55. The molecule has 0 bridgehead atoms. The number of rotatable bonds is 3. The number of halogens is 1. The summed E-state index contributed by atoms with van der Waals surface area (Å²) in [6.45, 7) is 2.14. The Labute approximate surface area is 111 Å². The van der Waals surface area contributed by atoms with E-state index in [4.69, 9.17) is 23.8 Å². The number of aromatic nitrogens is 2. The molecule has 0 atom stereocenters. The zero-order chi connectivity index (χ0) is 12.3. The molecule has 0 fully saturated rings. The lowest BCUT2D eigenvalue weighted by Gasteiger charge is -2.05. The van der Waals surface area contributed by atoms with Crippen molar-refractivity contribution in [2.45, 2.75) is 19.8 Å². The van der Waals surface area contributed by atoms with Crippen LogP contribution in [0.3, 0.4) is 0 Å². The fourth-order valence-corrected chi connectivity index (χ4v) is 2.11. The average Bonchev–Trinajstić information content (AvgIpc) is 2.28. The molecule has 0 spiro atoms. The predicted molar refractivity (Wildman–Crippen MR) is 73.9 cm³/mol. The highest BCUT2D eigenvalue weighted by atomic mass is 35.5. The molecule has 0 aliphatic heterocycles. The van der Waals surface area contributed by atoms with E-state index in [0.29, 0.717) is 9.66 Å². The van der Waals surface area contributed by atoms with Crippen molar-refractivity contribution in [3.63, 3.8) is 0 Å². The topological polar surface area (TPSA) is 28.7 Å². The Bertz CT molecular complexity index is 578. The Hall–Kier alpha value is -1.19. The zero-order valence-electron chi connectivity index (χ0n) is 9.53. The van der Waals surface area contributed by atoms with E-state index in [1.807, 2.05) is 30.3 Å². The molecule has 1 aromatic heterocycles. The molecule has 0 saturated heterocycles. The van der Waals surface area contributed by atoms with Gasteiger partial charge >= 0.3 is 0 Å². The van der Waals surface area contributed by atoms with Crippen molar-refractivity contribution < 1.29 is 0 Å². The van der Waals surface area contributed by atoms with Crippen LogP contribution in [0.25, 0.3) is 11.4 Å².